The lowest BCUT2D eigenvalue weighted by Gasteiger charge is -2.18. The van der Waals surface area contributed by atoms with Crippen LogP contribution >= 0.6 is 0 Å². The molecular weight excluding hydrogens is 349 g/mol. The second-order valence-corrected chi connectivity index (χ2v) is 6.96. The van der Waals surface area contributed by atoms with Crippen LogP contribution in [0.5, 0.6) is 0 Å². The van der Waals surface area contributed by atoms with Crippen molar-refractivity contribution in [2.75, 3.05) is 0 Å². The first-order valence-electron chi connectivity index (χ1n) is 9.06. The fourth-order valence-electron chi connectivity index (χ4n) is 3.42. The molecule has 0 radical (unpaired) electrons. The highest BCUT2D eigenvalue weighted by Crippen LogP contribution is 2.35. The van der Waals surface area contributed by atoms with Crippen LogP contribution in [0.4, 0.5) is 13.2 Å². The summed E-state index contributed by atoms with van der Waals surface area (Å²) in [6.45, 7) is 2.01. The molecule has 27 heavy (non-hydrogen) atoms. The summed E-state index contributed by atoms with van der Waals surface area (Å²) < 4.78 is 38.7. The Balaban J connectivity index is 1.86. The Kier molecular flexibility index (Phi) is 4.46. The number of rotatable bonds is 2. The molecule has 0 aliphatic heterocycles. The monoisotopic (exact) mass is 368 g/mol. The van der Waals surface area contributed by atoms with Gasteiger partial charge in [-0.05, 0) is 44.7 Å². The van der Waals surface area contributed by atoms with Crippen LogP contribution in [-0.2, 0) is 19.0 Å². The number of hydrogen-bond acceptors (Lipinski definition) is 2. The van der Waals surface area contributed by atoms with Crippen LogP contribution in [0.3, 0.4) is 0 Å². The SMILES string of the molecule is Cc1ccc(-c2nc3c(nc2-c2ccc(C(F)(F)F)cc2)CCCC3)cc1. The van der Waals surface area contributed by atoms with E-state index < -0.39 is 11.7 Å². The fraction of sp³-hybridized carbons (Fsp3) is 0.273. The van der Waals surface area contributed by atoms with E-state index in [4.69, 9.17) is 9.97 Å². The number of aryl methyl sites for hydroxylation is 3. The number of fused-ring (bicyclic) bond motifs is 1. The normalized spacial score (nSPS) is 14.1. The van der Waals surface area contributed by atoms with E-state index in [1.165, 1.54) is 12.1 Å². The lowest BCUT2D eigenvalue weighted by Crippen LogP contribution is -2.10. The number of alkyl halides is 3. The molecule has 2 aromatic carbocycles. The number of benzene rings is 2. The molecule has 3 aromatic rings. The fourth-order valence-corrected chi connectivity index (χ4v) is 3.42. The third kappa shape index (κ3) is 3.59. The van der Waals surface area contributed by atoms with Gasteiger partial charge in [-0.15, -0.1) is 0 Å². The Labute approximate surface area is 156 Å². The summed E-state index contributed by atoms with van der Waals surface area (Å²) in [5.41, 5.74) is 5.41. The highest BCUT2D eigenvalue weighted by atomic mass is 19.4. The number of halogens is 3. The van der Waals surface area contributed by atoms with E-state index in [1.807, 2.05) is 31.2 Å². The average molecular weight is 368 g/mol. The second-order valence-electron chi connectivity index (χ2n) is 6.96. The summed E-state index contributed by atoms with van der Waals surface area (Å²) in [6.07, 6.45) is -0.425. The van der Waals surface area contributed by atoms with Gasteiger partial charge in [0.15, 0.2) is 0 Å². The molecule has 0 spiro atoms. The molecular formula is C22H19F3N2. The molecule has 0 N–H and O–H groups in total. The third-order valence-corrected chi connectivity index (χ3v) is 4.94. The molecule has 1 aromatic heterocycles. The van der Waals surface area contributed by atoms with Gasteiger partial charge < -0.3 is 0 Å². The molecule has 0 bridgehead atoms. The first kappa shape index (κ1) is 17.7. The van der Waals surface area contributed by atoms with Gasteiger partial charge in [-0.3, -0.25) is 0 Å². The minimum Gasteiger partial charge on any atom is -0.249 e. The van der Waals surface area contributed by atoms with Gasteiger partial charge in [0.1, 0.15) is 0 Å². The van der Waals surface area contributed by atoms with Crippen LogP contribution in [0.1, 0.15) is 35.4 Å². The Hall–Kier alpha value is -2.69. The summed E-state index contributed by atoms with van der Waals surface area (Å²) in [7, 11) is 0. The molecule has 138 valence electrons. The molecule has 5 heteroatoms. The van der Waals surface area contributed by atoms with Crippen LogP contribution in [0.2, 0.25) is 0 Å². The van der Waals surface area contributed by atoms with Crippen molar-refractivity contribution in [2.45, 2.75) is 38.8 Å². The van der Waals surface area contributed by atoms with E-state index in [-0.39, 0.29) is 0 Å². The number of aromatic nitrogens is 2. The summed E-state index contributed by atoms with van der Waals surface area (Å²) in [5.74, 6) is 0. The highest BCUT2D eigenvalue weighted by Gasteiger charge is 2.30. The summed E-state index contributed by atoms with van der Waals surface area (Å²) in [5, 5.41) is 0. The summed E-state index contributed by atoms with van der Waals surface area (Å²) in [4.78, 5) is 9.71. The van der Waals surface area contributed by atoms with Gasteiger partial charge in [0.2, 0.25) is 0 Å². The van der Waals surface area contributed by atoms with Gasteiger partial charge in [-0.2, -0.15) is 13.2 Å². The number of nitrogens with zero attached hydrogens (tertiary/aromatic N) is 2. The molecule has 0 saturated heterocycles. The Morgan fingerprint density at radius 1 is 0.704 bits per heavy atom. The van der Waals surface area contributed by atoms with Gasteiger partial charge in [0, 0.05) is 11.1 Å². The molecule has 1 aliphatic rings. The van der Waals surface area contributed by atoms with Gasteiger partial charge in [-0.1, -0.05) is 42.0 Å². The quantitative estimate of drug-likeness (QED) is 0.553. The van der Waals surface area contributed by atoms with Crippen LogP contribution < -0.4 is 0 Å². The Morgan fingerprint density at radius 3 is 1.59 bits per heavy atom. The Morgan fingerprint density at radius 2 is 1.15 bits per heavy atom. The zero-order valence-corrected chi connectivity index (χ0v) is 15.0. The zero-order chi connectivity index (χ0) is 19.0. The second kappa shape index (κ2) is 6.80. The van der Waals surface area contributed by atoms with Crippen LogP contribution in [0.25, 0.3) is 22.5 Å². The smallest absolute Gasteiger partial charge is 0.249 e. The Bertz CT molecular complexity index is 959. The molecule has 0 amide bonds. The van der Waals surface area contributed by atoms with E-state index in [1.54, 1.807) is 0 Å². The van der Waals surface area contributed by atoms with Crippen molar-refractivity contribution in [3.05, 3.63) is 71.0 Å². The maximum atomic E-state index is 12.9. The van der Waals surface area contributed by atoms with Crippen LogP contribution in [-0.4, -0.2) is 9.97 Å². The van der Waals surface area contributed by atoms with Crippen LogP contribution in [0.15, 0.2) is 48.5 Å². The van der Waals surface area contributed by atoms with Gasteiger partial charge in [0.05, 0.1) is 28.3 Å². The van der Waals surface area contributed by atoms with Crippen molar-refractivity contribution >= 4 is 0 Å². The van der Waals surface area contributed by atoms with Crippen molar-refractivity contribution in [2.24, 2.45) is 0 Å². The molecule has 0 fully saturated rings. The topological polar surface area (TPSA) is 25.8 Å². The zero-order valence-electron chi connectivity index (χ0n) is 15.0. The van der Waals surface area contributed by atoms with Crippen molar-refractivity contribution in [3.8, 4) is 22.5 Å². The summed E-state index contributed by atoms with van der Waals surface area (Å²) >= 11 is 0. The lowest BCUT2D eigenvalue weighted by atomic mass is 9.97. The van der Waals surface area contributed by atoms with Crippen molar-refractivity contribution in [1.29, 1.82) is 0 Å². The minimum atomic E-state index is -4.35. The minimum absolute atomic E-state index is 0.647. The predicted octanol–water partition coefficient (Wildman–Crippen LogP) is 6.02. The molecule has 0 saturated carbocycles. The molecule has 2 nitrogen and oxygen atoms in total. The van der Waals surface area contributed by atoms with E-state index in [2.05, 4.69) is 0 Å². The van der Waals surface area contributed by atoms with Gasteiger partial charge in [0.25, 0.3) is 0 Å². The highest BCUT2D eigenvalue weighted by molar-refractivity contribution is 5.78. The van der Waals surface area contributed by atoms with E-state index in [0.717, 1.165) is 66.0 Å². The molecule has 0 atom stereocenters. The van der Waals surface area contributed by atoms with Gasteiger partial charge >= 0.3 is 6.18 Å². The van der Waals surface area contributed by atoms with Crippen molar-refractivity contribution < 1.29 is 13.2 Å². The molecule has 4 rings (SSSR count). The van der Waals surface area contributed by atoms with Gasteiger partial charge in [-0.25, -0.2) is 9.97 Å². The van der Waals surface area contributed by atoms with Crippen molar-refractivity contribution in [1.82, 2.24) is 9.97 Å². The largest absolute Gasteiger partial charge is 0.416 e. The standard InChI is InChI=1S/C22H19F3N2/c1-14-6-8-15(9-7-14)20-21(27-19-5-3-2-4-18(19)26-20)16-10-12-17(13-11-16)22(23,24)25/h6-13H,2-5H2,1H3. The van der Waals surface area contributed by atoms with Crippen LogP contribution in [0, 0.1) is 6.92 Å². The third-order valence-electron chi connectivity index (χ3n) is 4.94. The summed E-state index contributed by atoms with van der Waals surface area (Å²) in [6, 6.07) is 13.2. The first-order valence-corrected chi connectivity index (χ1v) is 9.06. The first-order chi connectivity index (χ1) is 12.9. The molecule has 1 aliphatic carbocycles. The molecule has 0 unspecified atom stereocenters. The van der Waals surface area contributed by atoms with E-state index >= 15 is 0 Å². The van der Waals surface area contributed by atoms with Crippen molar-refractivity contribution in [3.63, 3.8) is 0 Å². The maximum Gasteiger partial charge on any atom is 0.416 e. The average Bonchev–Trinajstić information content (AvgIpc) is 2.67. The van der Waals surface area contributed by atoms with E-state index in [0.29, 0.717) is 11.3 Å². The lowest BCUT2D eigenvalue weighted by molar-refractivity contribution is -0.137. The van der Waals surface area contributed by atoms with E-state index in [9.17, 15) is 13.2 Å². The number of hydrogen-bond donors (Lipinski definition) is 0. The molecule has 1 heterocycles. The predicted molar refractivity (Wildman–Crippen MR) is 99.3 cm³/mol. The maximum absolute atomic E-state index is 12.9.